The average Bonchev–Trinajstić information content (AvgIpc) is 2.61. The van der Waals surface area contributed by atoms with Gasteiger partial charge in [0.25, 0.3) is 5.78 Å². The lowest BCUT2D eigenvalue weighted by molar-refractivity contribution is -0.149. The first-order valence-electron chi connectivity index (χ1n) is 7.36. The molecule has 0 fully saturated rings. The van der Waals surface area contributed by atoms with Gasteiger partial charge >= 0.3 is 5.97 Å². The van der Waals surface area contributed by atoms with Gasteiger partial charge in [-0.3, -0.25) is 4.79 Å². The molecule has 0 atom stereocenters. The second kappa shape index (κ2) is 6.79. The molecule has 4 heteroatoms. The molecule has 0 radical (unpaired) electrons. The standard InChI is InChI=1S/C20H14O4/c21-18-16(13-7-10-14-8-3-1-4-9-14)24-20(23)19(22)17(18)15-11-5-2-6-12-15/h1-13,21H. The predicted octanol–water partition coefficient (Wildman–Crippen LogP) is 3.68. The number of rotatable bonds is 3. The number of Topliss-reactive ketones (excluding diaryl/α,β-unsaturated/α-hetero) is 1. The highest BCUT2D eigenvalue weighted by molar-refractivity contribution is 6.53. The first kappa shape index (κ1) is 15.5. The van der Waals surface area contributed by atoms with Crippen LogP contribution >= 0.6 is 0 Å². The van der Waals surface area contributed by atoms with Gasteiger partial charge in [0.05, 0.1) is 5.57 Å². The molecule has 118 valence electrons. The summed E-state index contributed by atoms with van der Waals surface area (Å²) in [6.45, 7) is 0. The largest absolute Gasteiger partial charge is 0.504 e. The van der Waals surface area contributed by atoms with Gasteiger partial charge in [-0.2, -0.15) is 0 Å². The van der Waals surface area contributed by atoms with E-state index in [1.54, 1.807) is 42.5 Å². The van der Waals surface area contributed by atoms with Crippen LogP contribution in [-0.2, 0) is 14.3 Å². The molecular formula is C20H14O4. The van der Waals surface area contributed by atoms with E-state index in [1.165, 1.54) is 6.08 Å². The summed E-state index contributed by atoms with van der Waals surface area (Å²) < 4.78 is 4.91. The van der Waals surface area contributed by atoms with Crippen molar-refractivity contribution in [2.75, 3.05) is 0 Å². The number of carbonyl (C=O) groups excluding carboxylic acids is 2. The number of hydrogen-bond donors (Lipinski definition) is 1. The zero-order valence-corrected chi connectivity index (χ0v) is 12.7. The zero-order chi connectivity index (χ0) is 16.9. The number of cyclic esters (lactones) is 1. The molecule has 0 saturated heterocycles. The van der Waals surface area contributed by atoms with E-state index in [2.05, 4.69) is 0 Å². The minimum atomic E-state index is -1.01. The van der Waals surface area contributed by atoms with Crippen molar-refractivity contribution in [3.05, 3.63) is 95.5 Å². The maximum absolute atomic E-state index is 12.0. The molecule has 0 bridgehead atoms. The number of aliphatic hydroxyl groups excluding tert-OH is 1. The van der Waals surface area contributed by atoms with E-state index in [0.29, 0.717) is 5.56 Å². The summed E-state index contributed by atoms with van der Waals surface area (Å²) in [7, 11) is 0. The molecular weight excluding hydrogens is 304 g/mol. The van der Waals surface area contributed by atoms with Gasteiger partial charge in [-0.25, -0.2) is 4.79 Å². The maximum atomic E-state index is 12.0. The summed E-state index contributed by atoms with van der Waals surface area (Å²) in [5.41, 5.74) is 1.38. The van der Waals surface area contributed by atoms with Crippen LogP contribution in [0.25, 0.3) is 11.6 Å². The third-order valence-electron chi connectivity index (χ3n) is 3.48. The molecule has 0 aliphatic carbocycles. The molecule has 4 nitrogen and oxygen atoms in total. The van der Waals surface area contributed by atoms with Gasteiger partial charge in [0.15, 0.2) is 11.5 Å². The fourth-order valence-corrected chi connectivity index (χ4v) is 2.32. The molecule has 0 amide bonds. The first-order valence-corrected chi connectivity index (χ1v) is 7.36. The number of aliphatic hydroxyl groups is 1. The number of benzene rings is 2. The lowest BCUT2D eigenvalue weighted by Gasteiger charge is -2.17. The number of esters is 1. The summed E-state index contributed by atoms with van der Waals surface area (Å²) in [5.74, 6) is -2.26. The van der Waals surface area contributed by atoms with Crippen molar-refractivity contribution in [1.29, 1.82) is 0 Å². The highest BCUT2D eigenvalue weighted by Crippen LogP contribution is 2.28. The van der Waals surface area contributed by atoms with Crippen molar-refractivity contribution >= 4 is 23.4 Å². The van der Waals surface area contributed by atoms with Crippen LogP contribution in [0.2, 0.25) is 0 Å². The summed E-state index contributed by atoms with van der Waals surface area (Å²) in [6, 6.07) is 18.1. The molecule has 2 aromatic carbocycles. The number of carbonyl (C=O) groups is 2. The molecule has 1 N–H and O–H groups in total. The Morgan fingerprint density at radius 2 is 1.50 bits per heavy atom. The third kappa shape index (κ3) is 3.17. The molecule has 3 rings (SSSR count). The Bertz CT molecular complexity index is 859. The molecule has 1 heterocycles. The quantitative estimate of drug-likeness (QED) is 0.692. The van der Waals surface area contributed by atoms with E-state index in [0.717, 1.165) is 5.56 Å². The molecule has 24 heavy (non-hydrogen) atoms. The average molecular weight is 318 g/mol. The Morgan fingerprint density at radius 1 is 0.875 bits per heavy atom. The molecule has 0 spiro atoms. The maximum Gasteiger partial charge on any atom is 0.385 e. The molecule has 1 aliphatic rings. The zero-order valence-electron chi connectivity index (χ0n) is 12.7. The van der Waals surface area contributed by atoms with Crippen molar-refractivity contribution in [2.45, 2.75) is 0 Å². The second-order valence-electron chi connectivity index (χ2n) is 5.11. The highest BCUT2D eigenvalue weighted by atomic mass is 16.6. The normalized spacial score (nSPS) is 16.8. The molecule has 2 aromatic rings. The Morgan fingerprint density at radius 3 is 2.17 bits per heavy atom. The van der Waals surface area contributed by atoms with Gasteiger partial charge in [-0.15, -0.1) is 0 Å². The van der Waals surface area contributed by atoms with Crippen LogP contribution in [0.15, 0.2) is 84.3 Å². The van der Waals surface area contributed by atoms with E-state index in [-0.39, 0.29) is 17.1 Å². The predicted molar refractivity (Wildman–Crippen MR) is 90.6 cm³/mol. The van der Waals surface area contributed by atoms with Crippen LogP contribution in [-0.4, -0.2) is 16.9 Å². The van der Waals surface area contributed by atoms with Crippen molar-refractivity contribution in [3.63, 3.8) is 0 Å². The topological polar surface area (TPSA) is 63.6 Å². The molecule has 0 saturated carbocycles. The van der Waals surface area contributed by atoms with Crippen molar-refractivity contribution in [2.24, 2.45) is 0 Å². The fraction of sp³-hybridized carbons (Fsp3) is 0. The van der Waals surface area contributed by atoms with E-state index in [4.69, 9.17) is 4.74 Å². The highest BCUT2D eigenvalue weighted by Gasteiger charge is 2.33. The number of ketones is 1. The third-order valence-corrected chi connectivity index (χ3v) is 3.48. The summed E-state index contributed by atoms with van der Waals surface area (Å²) in [5, 5.41) is 10.3. The number of allylic oxidation sites excluding steroid dienone is 2. The monoisotopic (exact) mass is 318 g/mol. The lowest BCUT2D eigenvalue weighted by Crippen LogP contribution is -2.25. The van der Waals surface area contributed by atoms with Crippen molar-refractivity contribution < 1.29 is 19.4 Å². The van der Waals surface area contributed by atoms with E-state index < -0.39 is 11.8 Å². The van der Waals surface area contributed by atoms with Crippen molar-refractivity contribution in [1.82, 2.24) is 0 Å². The Hall–Kier alpha value is -3.40. The van der Waals surface area contributed by atoms with Crippen LogP contribution in [0.1, 0.15) is 11.1 Å². The van der Waals surface area contributed by atoms with E-state index >= 15 is 0 Å². The van der Waals surface area contributed by atoms with Gasteiger partial charge < -0.3 is 9.84 Å². The summed E-state index contributed by atoms with van der Waals surface area (Å²) >= 11 is 0. The molecule has 0 aromatic heterocycles. The van der Waals surface area contributed by atoms with Gasteiger partial charge in [0.1, 0.15) is 0 Å². The van der Waals surface area contributed by atoms with Crippen LogP contribution < -0.4 is 0 Å². The lowest BCUT2D eigenvalue weighted by atomic mass is 9.98. The smallest absolute Gasteiger partial charge is 0.385 e. The number of ether oxygens (including phenoxy) is 1. The van der Waals surface area contributed by atoms with Crippen LogP contribution in [0.5, 0.6) is 0 Å². The number of hydrogen-bond acceptors (Lipinski definition) is 4. The van der Waals surface area contributed by atoms with Crippen LogP contribution in [0.4, 0.5) is 0 Å². The van der Waals surface area contributed by atoms with Gasteiger partial charge in [0, 0.05) is 0 Å². The Labute approximate surface area is 139 Å². The minimum Gasteiger partial charge on any atom is -0.504 e. The minimum absolute atomic E-state index is 0.0498. The SMILES string of the molecule is O=C1OC(=CC=Cc2ccccc2)C(O)=C(c2ccccc2)C1=O. The van der Waals surface area contributed by atoms with Gasteiger partial charge in [-0.1, -0.05) is 72.8 Å². The van der Waals surface area contributed by atoms with Gasteiger partial charge in [0.2, 0.25) is 0 Å². The Balaban J connectivity index is 1.97. The summed E-state index contributed by atoms with van der Waals surface area (Å²) in [4.78, 5) is 23.8. The first-order chi connectivity index (χ1) is 11.7. The second-order valence-corrected chi connectivity index (χ2v) is 5.11. The summed E-state index contributed by atoms with van der Waals surface area (Å²) in [6.07, 6.45) is 4.90. The Kier molecular flexibility index (Phi) is 4.38. The molecule has 0 unspecified atom stereocenters. The van der Waals surface area contributed by atoms with Crippen LogP contribution in [0, 0.1) is 0 Å². The van der Waals surface area contributed by atoms with E-state index in [1.807, 2.05) is 30.3 Å². The fourth-order valence-electron chi connectivity index (χ4n) is 2.32. The van der Waals surface area contributed by atoms with Crippen LogP contribution in [0.3, 0.4) is 0 Å². The van der Waals surface area contributed by atoms with E-state index in [9.17, 15) is 14.7 Å². The van der Waals surface area contributed by atoms with Gasteiger partial charge in [-0.05, 0) is 17.2 Å². The molecule has 1 aliphatic heterocycles. The van der Waals surface area contributed by atoms with Crippen molar-refractivity contribution in [3.8, 4) is 0 Å².